The number of carbonyl (C=O) groups excluding carboxylic acids is 1. The number of nitrogens with zero attached hydrogens (tertiary/aromatic N) is 2. The number of rotatable bonds is 3. The van der Waals surface area contributed by atoms with Crippen molar-refractivity contribution in [3.63, 3.8) is 0 Å². The van der Waals surface area contributed by atoms with Crippen molar-refractivity contribution < 1.29 is 14.6 Å². The van der Waals surface area contributed by atoms with Crippen LogP contribution in [0.2, 0.25) is 0 Å². The third kappa shape index (κ3) is 3.29. The minimum absolute atomic E-state index is 0.120. The summed E-state index contributed by atoms with van der Waals surface area (Å²) in [6.45, 7) is 0.989. The van der Waals surface area contributed by atoms with Crippen LogP contribution in [0.4, 0.5) is 0 Å². The van der Waals surface area contributed by atoms with Crippen LogP contribution in [0.5, 0.6) is 5.75 Å². The highest BCUT2D eigenvalue weighted by Gasteiger charge is 2.20. The molecule has 1 aromatic heterocycles. The van der Waals surface area contributed by atoms with Gasteiger partial charge in [-0.05, 0) is 64.7 Å². The van der Waals surface area contributed by atoms with Crippen LogP contribution in [0, 0.1) is 0 Å². The number of benzene rings is 3. The van der Waals surface area contributed by atoms with Crippen molar-refractivity contribution in [1.29, 1.82) is 0 Å². The second-order valence-electron chi connectivity index (χ2n) is 7.09. The summed E-state index contributed by atoms with van der Waals surface area (Å²) in [4.78, 5) is 15.9. The number of aromatic carboxylic acids is 1. The molecule has 0 bridgehead atoms. The summed E-state index contributed by atoms with van der Waals surface area (Å²) < 4.78 is 9.01. The Morgan fingerprint density at radius 2 is 2.00 bits per heavy atom. The van der Waals surface area contributed by atoms with Gasteiger partial charge in [0.2, 0.25) is 0 Å². The number of allylic oxidation sites excluding steroid dienone is 1. The number of carbonyl (C=O) groups is 1. The first kappa shape index (κ1) is 18.6. The lowest BCUT2D eigenvalue weighted by Crippen LogP contribution is -2.22. The molecule has 0 spiro atoms. The predicted octanol–water partition coefficient (Wildman–Crippen LogP) is 4.19. The molecular formula is C24H16BrN2O3-. The smallest absolute Gasteiger partial charge is 0.127 e. The van der Waals surface area contributed by atoms with E-state index in [1.807, 2.05) is 48.8 Å². The first-order chi connectivity index (χ1) is 14.6. The molecule has 0 N–H and O–H groups in total. The maximum atomic E-state index is 11.5. The molecule has 0 saturated heterocycles. The topological polar surface area (TPSA) is 67.2 Å². The summed E-state index contributed by atoms with van der Waals surface area (Å²) in [5.74, 6) is -0.564. The Morgan fingerprint density at radius 3 is 2.87 bits per heavy atom. The fourth-order valence-electron chi connectivity index (χ4n) is 3.78. The van der Waals surface area contributed by atoms with E-state index in [-0.39, 0.29) is 5.56 Å². The lowest BCUT2D eigenvalue weighted by molar-refractivity contribution is -0.255. The molecule has 5 rings (SSSR count). The molecule has 0 atom stereocenters. The molecule has 0 fully saturated rings. The normalized spacial score (nSPS) is 14.1. The van der Waals surface area contributed by atoms with Crippen molar-refractivity contribution in [2.45, 2.75) is 13.2 Å². The van der Waals surface area contributed by atoms with Crippen LogP contribution in [0.25, 0.3) is 16.6 Å². The summed E-state index contributed by atoms with van der Waals surface area (Å²) in [6, 6.07) is 18.8. The second kappa shape index (κ2) is 7.46. The van der Waals surface area contributed by atoms with Gasteiger partial charge in [-0.15, -0.1) is 0 Å². The largest absolute Gasteiger partial charge is 0.545 e. The number of fused-ring (bicyclic) bond motifs is 3. The van der Waals surface area contributed by atoms with Crippen molar-refractivity contribution in [1.82, 2.24) is 9.55 Å². The monoisotopic (exact) mass is 459 g/mol. The first-order valence-electron chi connectivity index (χ1n) is 9.47. The van der Waals surface area contributed by atoms with Crippen LogP contribution in [0.3, 0.4) is 0 Å². The third-order valence-electron chi connectivity index (χ3n) is 5.27. The number of aromatic nitrogens is 2. The highest BCUT2D eigenvalue weighted by molar-refractivity contribution is 9.10. The Balaban J connectivity index is 1.68. The van der Waals surface area contributed by atoms with E-state index in [0.29, 0.717) is 18.9 Å². The molecule has 0 radical (unpaired) electrons. The SMILES string of the molecule is O=C([O-])c1ccc2c(c1)/C(=C\Cn1cnc3ccccc31)c1cc(Br)ccc1CO2. The number of ether oxygens (including phenoxy) is 1. The van der Waals surface area contributed by atoms with Crippen molar-refractivity contribution in [2.75, 3.05) is 0 Å². The quantitative estimate of drug-likeness (QED) is 0.460. The Hall–Kier alpha value is -3.38. The Labute approximate surface area is 181 Å². The van der Waals surface area contributed by atoms with Crippen molar-refractivity contribution in [3.05, 3.63) is 99.8 Å². The number of imidazole rings is 1. The highest BCUT2D eigenvalue weighted by atomic mass is 79.9. The van der Waals surface area contributed by atoms with Gasteiger partial charge < -0.3 is 19.2 Å². The molecule has 0 saturated carbocycles. The summed E-state index contributed by atoms with van der Waals surface area (Å²) >= 11 is 3.56. The minimum atomic E-state index is -1.21. The number of halogens is 1. The average molecular weight is 460 g/mol. The third-order valence-corrected chi connectivity index (χ3v) is 5.76. The zero-order valence-electron chi connectivity index (χ0n) is 15.8. The van der Waals surface area contributed by atoms with E-state index in [4.69, 9.17) is 4.74 Å². The summed E-state index contributed by atoms with van der Waals surface area (Å²) in [7, 11) is 0. The van der Waals surface area contributed by atoms with Crippen LogP contribution >= 0.6 is 15.9 Å². The van der Waals surface area contributed by atoms with Crippen LogP contribution in [-0.2, 0) is 13.2 Å². The molecule has 4 aromatic rings. The molecule has 148 valence electrons. The molecule has 5 nitrogen and oxygen atoms in total. The van der Waals surface area contributed by atoms with Gasteiger partial charge in [-0.2, -0.15) is 0 Å². The first-order valence-corrected chi connectivity index (χ1v) is 10.3. The summed E-state index contributed by atoms with van der Waals surface area (Å²) in [5, 5.41) is 11.5. The van der Waals surface area contributed by atoms with Crippen LogP contribution < -0.4 is 9.84 Å². The van der Waals surface area contributed by atoms with Gasteiger partial charge in [-0.25, -0.2) is 4.98 Å². The predicted molar refractivity (Wildman–Crippen MR) is 116 cm³/mol. The van der Waals surface area contributed by atoms with E-state index >= 15 is 0 Å². The Morgan fingerprint density at radius 1 is 1.13 bits per heavy atom. The van der Waals surface area contributed by atoms with Gasteiger partial charge in [0.25, 0.3) is 0 Å². The fourth-order valence-corrected chi connectivity index (χ4v) is 4.15. The molecule has 3 aromatic carbocycles. The maximum absolute atomic E-state index is 11.5. The number of carboxylic acids is 1. The lowest BCUT2D eigenvalue weighted by atomic mass is 9.93. The second-order valence-corrected chi connectivity index (χ2v) is 8.01. The highest BCUT2D eigenvalue weighted by Crippen LogP contribution is 2.38. The van der Waals surface area contributed by atoms with Crippen LogP contribution in [0.1, 0.15) is 27.0 Å². The summed E-state index contributed by atoms with van der Waals surface area (Å²) in [6.07, 6.45) is 3.90. The van der Waals surface area contributed by atoms with E-state index in [1.54, 1.807) is 12.1 Å². The zero-order valence-corrected chi connectivity index (χ0v) is 17.4. The molecule has 0 amide bonds. The van der Waals surface area contributed by atoms with Gasteiger partial charge in [0.1, 0.15) is 12.4 Å². The zero-order chi connectivity index (χ0) is 20.7. The van der Waals surface area contributed by atoms with Gasteiger partial charge in [0.15, 0.2) is 0 Å². The minimum Gasteiger partial charge on any atom is -0.545 e. The van der Waals surface area contributed by atoms with Crippen LogP contribution in [-0.4, -0.2) is 15.5 Å². The van der Waals surface area contributed by atoms with E-state index in [9.17, 15) is 9.90 Å². The van der Waals surface area contributed by atoms with Crippen LogP contribution in [0.15, 0.2) is 77.5 Å². The average Bonchev–Trinajstić information content (AvgIpc) is 3.10. The van der Waals surface area contributed by atoms with E-state index in [1.165, 1.54) is 6.07 Å². The number of hydrogen-bond donors (Lipinski definition) is 0. The molecule has 6 heteroatoms. The van der Waals surface area contributed by atoms with Crippen molar-refractivity contribution in [3.8, 4) is 5.75 Å². The van der Waals surface area contributed by atoms with Gasteiger partial charge >= 0.3 is 0 Å². The molecule has 30 heavy (non-hydrogen) atoms. The van der Waals surface area contributed by atoms with E-state index < -0.39 is 5.97 Å². The fraction of sp³-hybridized carbons (Fsp3) is 0.0833. The Bertz CT molecular complexity index is 1320. The molecular weight excluding hydrogens is 444 g/mol. The van der Waals surface area contributed by atoms with Gasteiger partial charge in [0, 0.05) is 16.6 Å². The summed E-state index contributed by atoms with van der Waals surface area (Å²) in [5.41, 5.74) is 5.78. The lowest BCUT2D eigenvalue weighted by Gasteiger charge is -2.14. The standard InChI is InChI=1S/C24H17BrN2O3/c25-17-7-5-16-13-30-23-8-6-15(24(28)29)11-20(23)18(19(16)12-17)9-10-27-14-26-21-3-1-2-4-22(21)27/h1-9,11-12,14H,10,13H2,(H,28,29)/p-1/b18-9-. The molecule has 0 unspecified atom stereocenters. The number of hydrogen-bond acceptors (Lipinski definition) is 4. The Kier molecular flexibility index (Phi) is 4.64. The molecule has 1 aliphatic rings. The van der Waals surface area contributed by atoms with Crippen molar-refractivity contribution >= 4 is 38.5 Å². The molecule has 1 aliphatic heterocycles. The van der Waals surface area contributed by atoms with Gasteiger partial charge in [-0.3, -0.25) is 0 Å². The van der Waals surface area contributed by atoms with Gasteiger partial charge in [0.05, 0.1) is 23.3 Å². The number of carboxylic acid groups (broad SMARTS) is 1. The number of para-hydroxylation sites is 2. The van der Waals surface area contributed by atoms with Gasteiger partial charge in [-0.1, -0.05) is 40.2 Å². The molecule has 0 aliphatic carbocycles. The van der Waals surface area contributed by atoms with E-state index in [0.717, 1.165) is 37.8 Å². The van der Waals surface area contributed by atoms with Crippen molar-refractivity contribution in [2.24, 2.45) is 0 Å². The maximum Gasteiger partial charge on any atom is 0.127 e. The van der Waals surface area contributed by atoms with E-state index in [2.05, 4.69) is 31.6 Å². The molecule has 2 heterocycles.